The van der Waals surface area contributed by atoms with E-state index in [0.29, 0.717) is 0 Å². The Labute approximate surface area is 156 Å². The van der Waals surface area contributed by atoms with Crippen LogP contribution in [0, 0.1) is 0 Å². The van der Waals surface area contributed by atoms with E-state index in [4.69, 9.17) is 25.5 Å². The fraction of sp³-hybridized carbons (Fsp3) is 0.143. The van der Waals surface area contributed by atoms with Gasteiger partial charge < -0.3 is 0 Å². The number of rotatable bonds is 5. The van der Waals surface area contributed by atoms with Gasteiger partial charge in [-0.3, -0.25) is 0 Å². The molecule has 3 aromatic rings. The summed E-state index contributed by atoms with van der Waals surface area (Å²) < 4.78 is 17.4. The number of halogens is 1. The van der Waals surface area contributed by atoms with Gasteiger partial charge in [-0.1, -0.05) is 0 Å². The molecule has 3 heterocycles. The van der Waals surface area contributed by atoms with Crippen LogP contribution >= 0.6 is 17.2 Å². The van der Waals surface area contributed by atoms with Crippen LogP contribution < -0.4 is 30.1 Å². The molecular weight excluding hydrogens is 367 g/mol. The second-order valence-electron chi connectivity index (χ2n) is 7.03. The summed E-state index contributed by atoms with van der Waals surface area (Å²) in [4.78, 5) is 0. The van der Waals surface area contributed by atoms with Crippen molar-refractivity contribution in [1.82, 2.24) is 0 Å². The van der Waals surface area contributed by atoms with Gasteiger partial charge in [0.25, 0.3) is 0 Å². The first-order valence-electron chi connectivity index (χ1n) is 8.82. The fourth-order valence-corrected chi connectivity index (χ4v) is 11.3. The van der Waals surface area contributed by atoms with Crippen LogP contribution in [0.25, 0.3) is 0 Å². The molecule has 0 spiro atoms. The third-order valence-electron chi connectivity index (χ3n) is 5.54. The Balaban J connectivity index is 1.77. The van der Waals surface area contributed by atoms with Gasteiger partial charge >= 0.3 is 156 Å². The Hall–Kier alpha value is -2.22. The van der Waals surface area contributed by atoms with Crippen LogP contribution in [0.4, 0.5) is 0 Å². The molecule has 5 heteroatoms. The van der Waals surface area contributed by atoms with Gasteiger partial charge in [-0.05, 0) is 0 Å². The fourth-order valence-electron chi connectivity index (χ4n) is 4.30. The van der Waals surface area contributed by atoms with Crippen molar-refractivity contribution < 1.29 is 14.2 Å². The quantitative estimate of drug-likeness (QED) is 0.296. The van der Waals surface area contributed by atoms with Crippen molar-refractivity contribution >= 4 is 33.1 Å². The van der Waals surface area contributed by atoms with Gasteiger partial charge in [-0.15, -0.1) is 0 Å². The molecule has 0 saturated carbocycles. The van der Waals surface area contributed by atoms with E-state index in [1.165, 1.54) is 0 Å². The first-order chi connectivity index (χ1) is 12.6. The van der Waals surface area contributed by atoms with Gasteiger partial charge in [-0.2, -0.15) is 0 Å². The molecule has 0 unspecified atom stereocenters. The summed E-state index contributed by atoms with van der Waals surface area (Å²) in [7, 11) is 0. The van der Waals surface area contributed by atoms with Gasteiger partial charge in [0.15, 0.2) is 0 Å². The summed E-state index contributed by atoms with van der Waals surface area (Å²) in [5, 5.41) is 3.26. The maximum absolute atomic E-state index is 7.98. The van der Waals surface area contributed by atoms with Crippen LogP contribution in [0.3, 0.4) is 0 Å². The van der Waals surface area contributed by atoms with Crippen molar-refractivity contribution in [2.24, 2.45) is 0 Å². The second-order valence-corrected chi connectivity index (χ2v) is 13.5. The van der Waals surface area contributed by atoms with E-state index in [-0.39, 0.29) is 0 Å². The molecular formula is C21H16ClO3P. The molecule has 0 amide bonds. The summed E-state index contributed by atoms with van der Waals surface area (Å²) >= 11 is 7.98. The van der Waals surface area contributed by atoms with Crippen molar-refractivity contribution in [3.05, 3.63) is 54.6 Å². The van der Waals surface area contributed by atoms with Crippen molar-refractivity contribution in [3.63, 3.8) is 0 Å². The summed E-state index contributed by atoms with van der Waals surface area (Å²) in [6.07, 6.45) is 1.77. The molecule has 0 radical (unpaired) electrons. The van der Waals surface area contributed by atoms with Gasteiger partial charge in [0.2, 0.25) is 0 Å². The number of hydrogen-bond acceptors (Lipinski definition) is 3. The molecule has 0 fully saturated rings. The van der Waals surface area contributed by atoms with Gasteiger partial charge in [-0.25, -0.2) is 0 Å². The van der Waals surface area contributed by atoms with E-state index >= 15 is 0 Å². The molecule has 3 aliphatic heterocycles. The molecule has 3 nitrogen and oxygen atoms in total. The monoisotopic (exact) mass is 382 g/mol. The molecule has 0 aliphatic carbocycles. The van der Waals surface area contributed by atoms with E-state index in [0.717, 1.165) is 63.0 Å². The van der Waals surface area contributed by atoms with Gasteiger partial charge in [0, 0.05) is 0 Å². The third-order valence-corrected chi connectivity index (χ3v) is 13.0. The van der Waals surface area contributed by atoms with Gasteiger partial charge in [0.05, 0.1) is 0 Å². The zero-order valence-corrected chi connectivity index (χ0v) is 15.8. The van der Waals surface area contributed by atoms with E-state index < -0.39 is 5.96 Å². The maximum atomic E-state index is 7.98. The van der Waals surface area contributed by atoms with Crippen molar-refractivity contribution in [3.8, 4) is 34.5 Å². The van der Waals surface area contributed by atoms with Crippen LogP contribution in [0.5, 0.6) is 34.5 Å². The van der Waals surface area contributed by atoms with Crippen LogP contribution in [0.2, 0.25) is 0 Å². The number of fused-ring (bicyclic) bond motifs is 3. The zero-order chi connectivity index (χ0) is 17.5. The predicted molar refractivity (Wildman–Crippen MR) is 106 cm³/mol. The third kappa shape index (κ3) is 1.68. The van der Waals surface area contributed by atoms with Crippen molar-refractivity contribution in [1.29, 1.82) is 0 Å². The number of benzene rings is 3. The zero-order valence-electron chi connectivity index (χ0n) is 14.2. The van der Waals surface area contributed by atoms with E-state index in [9.17, 15) is 0 Å². The molecule has 0 atom stereocenters. The Morgan fingerprint density at radius 2 is 1.08 bits per heavy atom. The van der Waals surface area contributed by atoms with Crippen molar-refractivity contribution in [2.75, 3.05) is 6.16 Å². The molecule has 0 aromatic heterocycles. The Morgan fingerprint density at radius 1 is 0.692 bits per heavy atom. The predicted octanol–water partition coefficient (Wildman–Crippen LogP) is 5.40. The van der Waals surface area contributed by atoms with Gasteiger partial charge in [0.1, 0.15) is 0 Å². The summed E-state index contributed by atoms with van der Waals surface area (Å²) in [5.74, 6) is 2.21. The molecule has 6 rings (SSSR count). The second kappa shape index (κ2) is 4.54. The van der Waals surface area contributed by atoms with E-state index in [1.807, 2.05) is 36.4 Å². The summed E-state index contributed by atoms with van der Waals surface area (Å²) in [6.45, 7) is 2.18. The molecule has 26 heavy (non-hydrogen) atoms. The Morgan fingerprint density at radius 3 is 1.42 bits per heavy atom. The van der Waals surface area contributed by atoms with Crippen LogP contribution in [0.1, 0.15) is 13.3 Å². The Kier molecular flexibility index (Phi) is 2.60. The molecule has 0 saturated heterocycles. The molecule has 3 aliphatic rings. The topological polar surface area (TPSA) is 37.6 Å². The van der Waals surface area contributed by atoms with Crippen LogP contribution in [-0.4, -0.2) is 6.16 Å². The average Bonchev–Trinajstić information content (AvgIpc) is 3.54. The molecule has 0 N–H and O–H groups in total. The number of para-hydroxylation sites is 3. The van der Waals surface area contributed by atoms with Crippen LogP contribution in [-0.2, 0) is 0 Å². The molecule has 3 aromatic carbocycles. The first-order valence-corrected chi connectivity index (χ1v) is 12.1. The van der Waals surface area contributed by atoms with E-state index in [2.05, 4.69) is 25.1 Å². The Bertz CT molecular complexity index is 992. The standard InChI is InChI=1S/C21H16ClO3P/c1-2-12-26(22,16-9-3-6-13-19(16)23-13,17-10-4-7-14-20(17)24-14)18-11-5-8-15-21(18)25-15/h3-11H,2,12H2,1H3. The number of ether oxygens (including phenoxy) is 3. The normalized spacial score (nSPS) is 15.8. The molecule has 130 valence electrons. The van der Waals surface area contributed by atoms with Crippen molar-refractivity contribution in [2.45, 2.75) is 13.3 Å². The van der Waals surface area contributed by atoms with Crippen LogP contribution in [0.15, 0.2) is 54.6 Å². The minimum absolute atomic E-state index is 0.826. The summed E-state index contributed by atoms with van der Waals surface area (Å²) in [5.41, 5.74) is 0. The SMILES string of the molecule is CCCP(Cl)(c1cccc2c1O2)(c1cccc2c1O2)c1cccc2c1O2. The summed E-state index contributed by atoms with van der Waals surface area (Å²) in [6, 6.07) is 18.4. The number of hydrogen-bond donors (Lipinski definition) is 0. The minimum atomic E-state index is -3.32. The average molecular weight is 383 g/mol. The molecule has 0 bridgehead atoms. The first kappa shape index (κ1) is 14.9. The van der Waals surface area contributed by atoms with E-state index in [1.54, 1.807) is 0 Å².